The molecule has 21 rings (SSSR count). The van der Waals surface area contributed by atoms with Gasteiger partial charge >= 0.3 is 0 Å². The molecule has 0 heteroatoms. The van der Waals surface area contributed by atoms with Gasteiger partial charge in [0.1, 0.15) is 0 Å². The van der Waals surface area contributed by atoms with E-state index in [1.807, 2.05) is 0 Å². The fourth-order valence-corrected chi connectivity index (χ4v) is 18.2. The van der Waals surface area contributed by atoms with E-state index in [1.165, 1.54) is 221 Å². The van der Waals surface area contributed by atoms with Crippen LogP contribution in [0.3, 0.4) is 0 Å². The van der Waals surface area contributed by atoms with Crippen LogP contribution in [0.5, 0.6) is 0 Å². The average Bonchev–Trinajstić information content (AvgIpc) is 1.53. The molecule has 0 saturated carbocycles. The molecule has 0 N–H and O–H groups in total. The highest BCUT2D eigenvalue weighted by atomic mass is 14.4. The molecule has 0 fully saturated rings. The lowest BCUT2D eigenvalue weighted by molar-refractivity contribution is 1.53. The first-order chi connectivity index (χ1) is 51.7. The van der Waals surface area contributed by atoms with Gasteiger partial charge in [-0.1, -0.05) is 388 Å². The lowest BCUT2D eigenvalue weighted by Crippen LogP contribution is -2.01. The van der Waals surface area contributed by atoms with E-state index in [1.54, 1.807) is 0 Å². The Morgan fingerprint density at radius 3 is 0.433 bits per heavy atom. The fraction of sp³-hybridized carbons (Fsp3) is 0. The number of hydrogen-bond acceptors (Lipinski definition) is 0. The summed E-state index contributed by atoms with van der Waals surface area (Å²) in [6.07, 6.45) is 0. The van der Waals surface area contributed by atoms with Crippen molar-refractivity contribution < 1.29 is 0 Å². The van der Waals surface area contributed by atoms with Gasteiger partial charge in [-0.2, -0.15) is 0 Å². The Hall–Kier alpha value is -13.5. The smallest absolute Gasteiger partial charge is 0.000695 e. The number of hydrogen-bond donors (Lipinski definition) is 0. The van der Waals surface area contributed by atoms with E-state index in [-0.39, 0.29) is 0 Å². The first-order valence-electron chi connectivity index (χ1n) is 36.2. The maximum atomic E-state index is 2.51. The summed E-state index contributed by atoms with van der Waals surface area (Å²) in [5.74, 6) is 0. The Morgan fingerprint density at radius 1 is 0.0865 bits per heavy atom. The Kier molecular flexibility index (Phi) is 13.8. The molecular weight excluding hydrogens is 1250 g/mol. The summed E-state index contributed by atoms with van der Waals surface area (Å²) in [5.41, 5.74) is 38.7. The Balaban J connectivity index is 0.921. The van der Waals surface area contributed by atoms with Gasteiger partial charge in [-0.05, 0) is 221 Å². The van der Waals surface area contributed by atoms with Crippen molar-refractivity contribution in [1.82, 2.24) is 0 Å². The van der Waals surface area contributed by atoms with E-state index < -0.39 is 0 Å². The van der Waals surface area contributed by atoms with Crippen LogP contribution in [0.1, 0.15) is 0 Å². The van der Waals surface area contributed by atoms with E-state index in [2.05, 4.69) is 388 Å². The van der Waals surface area contributed by atoms with Crippen molar-refractivity contribution in [3.05, 3.63) is 388 Å². The van der Waals surface area contributed by atoms with Crippen LogP contribution in [0.15, 0.2) is 388 Å². The summed E-state index contributed by atoms with van der Waals surface area (Å²) in [7, 11) is 0. The molecule has 104 heavy (non-hydrogen) atoms. The summed E-state index contributed by atoms with van der Waals surface area (Å²) in [6, 6.07) is 146. The summed E-state index contributed by atoms with van der Waals surface area (Å²) < 4.78 is 0. The van der Waals surface area contributed by atoms with E-state index in [0.717, 1.165) is 0 Å². The van der Waals surface area contributed by atoms with Crippen LogP contribution in [-0.2, 0) is 0 Å². The molecule has 2 aliphatic rings. The molecule has 0 heterocycles. The first-order valence-corrected chi connectivity index (χ1v) is 36.2. The molecule has 0 aromatic heterocycles. The molecule has 0 unspecified atom stereocenters. The standard InChI is InChI=1S/C104H64/c1-9-33-65(34-10-1)73-49-25-29-53-77(73)97-89(69-41-17-5-18-42-69)90(70-43-19-6-20-44-70)98(78-54-30-26-50-74(78)66-35-11-2-12-36-66)102-86-62-58-82-84-60-64-88-96-87(63-59-83(94(84)96)81-57-61-85(101(97)102)95(86)93(81)82)103-99(79-55-31-27-51-75(79)67-37-13-3-14-38-67)91(71-45-21-7-22-46-71)92(72-47-23-8-24-48-72)100(104(88)103)80-56-32-28-52-76(80)68-39-15-4-16-40-68/h1-64H. The summed E-state index contributed by atoms with van der Waals surface area (Å²) in [5, 5.41) is 10.2. The van der Waals surface area contributed by atoms with Crippen LogP contribution in [0, 0.1) is 0 Å². The Labute approximate surface area is 605 Å². The first kappa shape index (κ1) is 59.4. The highest BCUT2D eigenvalue weighted by Crippen LogP contribution is 2.67. The minimum atomic E-state index is 1.17. The van der Waals surface area contributed by atoms with Crippen LogP contribution < -0.4 is 0 Å². The third-order valence-electron chi connectivity index (χ3n) is 22.4. The molecule has 480 valence electrons. The quantitative estimate of drug-likeness (QED) is 0.0845. The van der Waals surface area contributed by atoms with Gasteiger partial charge in [0.15, 0.2) is 0 Å². The Bertz CT molecular complexity index is 5820. The lowest BCUT2D eigenvalue weighted by atomic mass is 9.74. The molecule has 0 radical (unpaired) electrons. The number of fused-ring (bicyclic) bond motifs is 8. The highest BCUT2D eigenvalue weighted by Gasteiger charge is 2.39. The van der Waals surface area contributed by atoms with Crippen molar-refractivity contribution in [2.45, 2.75) is 0 Å². The number of benzene rings is 19. The van der Waals surface area contributed by atoms with Crippen LogP contribution in [0.2, 0.25) is 0 Å². The van der Waals surface area contributed by atoms with Crippen LogP contribution in [0.25, 0.3) is 221 Å². The van der Waals surface area contributed by atoms with Crippen molar-refractivity contribution in [2.24, 2.45) is 0 Å². The van der Waals surface area contributed by atoms with Gasteiger partial charge in [-0.15, -0.1) is 0 Å². The average molecular weight is 1310 g/mol. The normalized spacial score (nSPS) is 11.8. The van der Waals surface area contributed by atoms with Crippen LogP contribution in [0.4, 0.5) is 0 Å². The van der Waals surface area contributed by atoms with Gasteiger partial charge in [0.25, 0.3) is 0 Å². The van der Waals surface area contributed by atoms with E-state index in [4.69, 9.17) is 0 Å². The van der Waals surface area contributed by atoms with Crippen molar-refractivity contribution in [2.75, 3.05) is 0 Å². The summed E-state index contributed by atoms with van der Waals surface area (Å²) in [6.45, 7) is 0. The van der Waals surface area contributed by atoms with Crippen molar-refractivity contribution >= 4 is 43.1 Å². The summed E-state index contributed by atoms with van der Waals surface area (Å²) >= 11 is 0. The van der Waals surface area contributed by atoms with Crippen LogP contribution >= 0.6 is 0 Å². The highest BCUT2D eigenvalue weighted by molar-refractivity contribution is 6.42. The predicted molar refractivity (Wildman–Crippen MR) is 442 cm³/mol. The maximum absolute atomic E-state index is 2.51. The zero-order valence-electron chi connectivity index (χ0n) is 57.0. The minimum Gasteiger partial charge on any atom is -0.0622 e. The second kappa shape index (κ2) is 24.1. The van der Waals surface area contributed by atoms with Crippen molar-refractivity contribution in [3.8, 4) is 178 Å². The van der Waals surface area contributed by atoms with Gasteiger partial charge < -0.3 is 0 Å². The molecule has 0 bridgehead atoms. The third kappa shape index (κ3) is 8.99. The van der Waals surface area contributed by atoms with Gasteiger partial charge in [0.2, 0.25) is 0 Å². The topological polar surface area (TPSA) is 0 Å². The minimum absolute atomic E-state index is 1.17. The molecule has 0 atom stereocenters. The third-order valence-corrected chi connectivity index (χ3v) is 22.4. The molecule has 0 saturated heterocycles. The molecule has 0 nitrogen and oxygen atoms in total. The van der Waals surface area contributed by atoms with E-state index >= 15 is 0 Å². The zero-order valence-corrected chi connectivity index (χ0v) is 57.0. The molecular formula is C104H64. The van der Waals surface area contributed by atoms with Crippen LogP contribution in [-0.4, -0.2) is 0 Å². The zero-order chi connectivity index (χ0) is 68.3. The molecule has 0 spiro atoms. The van der Waals surface area contributed by atoms with Gasteiger partial charge in [-0.25, -0.2) is 0 Å². The summed E-state index contributed by atoms with van der Waals surface area (Å²) in [4.78, 5) is 0. The van der Waals surface area contributed by atoms with Gasteiger partial charge in [0, 0.05) is 0 Å². The van der Waals surface area contributed by atoms with Crippen molar-refractivity contribution in [3.63, 3.8) is 0 Å². The predicted octanol–water partition coefficient (Wildman–Crippen LogP) is 29.0. The molecule has 19 aromatic carbocycles. The van der Waals surface area contributed by atoms with Crippen molar-refractivity contribution in [1.29, 1.82) is 0 Å². The second-order valence-electron chi connectivity index (χ2n) is 27.8. The second-order valence-corrected chi connectivity index (χ2v) is 27.8. The molecule has 2 aliphatic carbocycles. The molecule has 0 amide bonds. The molecule has 0 aliphatic heterocycles. The van der Waals surface area contributed by atoms with Gasteiger partial charge in [-0.3, -0.25) is 0 Å². The Morgan fingerprint density at radius 2 is 0.240 bits per heavy atom. The number of rotatable bonds is 12. The monoisotopic (exact) mass is 1310 g/mol. The van der Waals surface area contributed by atoms with Gasteiger partial charge in [0.05, 0.1) is 0 Å². The molecule has 19 aromatic rings. The fourth-order valence-electron chi connectivity index (χ4n) is 18.2. The maximum Gasteiger partial charge on any atom is -0.000695 e. The SMILES string of the molecule is c1ccc(-c2ccccc2-c2c(-c3ccccc3)c(-c3ccccc3)c(-c3ccccc3-c3ccccc3)c3c2-c2ccc4c5ccc6c7c(ccc(c8ccc-3c2c48)c75)-c2c(-c3ccccc3-c3ccccc3)c(-c3ccccc3)c(-c3ccccc3)c(-c3ccccc3-c3ccccc3)c2-6)cc1. The van der Waals surface area contributed by atoms with E-state index in [9.17, 15) is 0 Å². The van der Waals surface area contributed by atoms with E-state index in [0.29, 0.717) is 0 Å². The largest absolute Gasteiger partial charge is 0.0622 e. The lowest BCUT2D eigenvalue weighted by Gasteiger charge is -2.28.